The summed E-state index contributed by atoms with van der Waals surface area (Å²) < 4.78 is 10.8. The average molecular weight is 261 g/mol. The molecule has 1 aliphatic heterocycles. The highest BCUT2D eigenvalue weighted by Gasteiger charge is 2.26. The van der Waals surface area contributed by atoms with Gasteiger partial charge in [0, 0.05) is 6.61 Å². The molecule has 1 heterocycles. The molecule has 1 saturated heterocycles. The molecule has 102 valence electrons. The third-order valence-electron chi connectivity index (χ3n) is 3.93. The highest BCUT2D eigenvalue weighted by molar-refractivity contribution is 5.96. The Labute approximate surface area is 113 Å². The van der Waals surface area contributed by atoms with Crippen molar-refractivity contribution in [2.45, 2.75) is 38.2 Å². The lowest BCUT2D eigenvalue weighted by molar-refractivity contribution is -0.124. The van der Waals surface area contributed by atoms with Gasteiger partial charge >= 0.3 is 0 Å². The molecular weight excluding hydrogens is 242 g/mol. The maximum Gasteiger partial charge on any atom is 0.253 e. The first kappa shape index (κ1) is 12.5. The number of hydrogen-bond acceptors (Lipinski definition) is 3. The normalized spacial score (nSPS) is 21.2. The molecule has 1 aromatic carbocycles. The lowest BCUT2D eigenvalue weighted by atomic mass is 10.1. The molecular formula is C15H19NO3. The van der Waals surface area contributed by atoms with Crippen molar-refractivity contribution in [1.29, 1.82) is 0 Å². The van der Waals surface area contributed by atoms with Crippen molar-refractivity contribution in [3.63, 3.8) is 0 Å². The van der Waals surface area contributed by atoms with Crippen LogP contribution in [0.15, 0.2) is 12.1 Å². The van der Waals surface area contributed by atoms with Crippen LogP contribution in [0.1, 0.15) is 30.4 Å². The number of aryl methyl sites for hydroxylation is 1. The first-order chi connectivity index (χ1) is 9.29. The summed E-state index contributed by atoms with van der Waals surface area (Å²) >= 11 is 0. The number of anilines is 1. The molecule has 0 radical (unpaired) electrons. The van der Waals surface area contributed by atoms with Crippen molar-refractivity contribution >= 4 is 11.6 Å². The topological polar surface area (TPSA) is 47.6 Å². The molecule has 4 nitrogen and oxygen atoms in total. The SMILES string of the molecule is COc1ccc2c(c1NC(=O)[C@@H]1CCCO1)CCC2. The fourth-order valence-corrected chi connectivity index (χ4v) is 2.94. The first-order valence-electron chi connectivity index (χ1n) is 6.91. The van der Waals surface area contributed by atoms with Crippen LogP contribution in [0.4, 0.5) is 5.69 Å². The quantitative estimate of drug-likeness (QED) is 0.908. The summed E-state index contributed by atoms with van der Waals surface area (Å²) in [5, 5.41) is 3.01. The van der Waals surface area contributed by atoms with Crippen LogP contribution in [0.5, 0.6) is 5.75 Å². The van der Waals surface area contributed by atoms with E-state index in [4.69, 9.17) is 9.47 Å². The first-order valence-corrected chi connectivity index (χ1v) is 6.91. The summed E-state index contributed by atoms with van der Waals surface area (Å²) in [5.74, 6) is 0.697. The Morgan fingerprint density at radius 2 is 2.26 bits per heavy atom. The fraction of sp³-hybridized carbons (Fsp3) is 0.533. The predicted octanol–water partition coefficient (Wildman–Crippen LogP) is 2.30. The molecule has 0 unspecified atom stereocenters. The lowest BCUT2D eigenvalue weighted by Crippen LogP contribution is -2.27. The summed E-state index contributed by atoms with van der Waals surface area (Å²) in [4.78, 5) is 12.2. The standard InChI is InChI=1S/C15H19NO3/c1-18-12-8-7-10-4-2-5-11(10)14(12)16-15(17)13-6-3-9-19-13/h7-8,13H,2-6,9H2,1H3,(H,16,17)/t13-/m0/s1. The molecule has 1 atom stereocenters. The summed E-state index contributed by atoms with van der Waals surface area (Å²) in [6.45, 7) is 0.683. The number of carbonyl (C=O) groups is 1. The Kier molecular flexibility index (Phi) is 3.42. The molecule has 0 aromatic heterocycles. The molecule has 0 bridgehead atoms. The van der Waals surface area contributed by atoms with Gasteiger partial charge in [-0.3, -0.25) is 4.79 Å². The molecule has 0 saturated carbocycles. The van der Waals surface area contributed by atoms with E-state index in [0.29, 0.717) is 6.61 Å². The zero-order chi connectivity index (χ0) is 13.2. The van der Waals surface area contributed by atoms with Crippen LogP contribution in [-0.4, -0.2) is 25.7 Å². The molecule has 0 spiro atoms. The van der Waals surface area contributed by atoms with E-state index in [9.17, 15) is 4.79 Å². The van der Waals surface area contributed by atoms with Crippen molar-refractivity contribution in [3.05, 3.63) is 23.3 Å². The Morgan fingerprint density at radius 3 is 3.00 bits per heavy atom. The van der Waals surface area contributed by atoms with Gasteiger partial charge in [0.15, 0.2) is 0 Å². The minimum absolute atomic E-state index is 0.0453. The highest BCUT2D eigenvalue weighted by atomic mass is 16.5. The summed E-state index contributed by atoms with van der Waals surface area (Å²) in [6.07, 6.45) is 4.70. The van der Waals surface area contributed by atoms with E-state index < -0.39 is 0 Å². The van der Waals surface area contributed by atoms with E-state index in [1.807, 2.05) is 6.07 Å². The minimum atomic E-state index is -0.304. The molecule has 1 amide bonds. The number of methoxy groups -OCH3 is 1. The number of nitrogens with one attached hydrogen (secondary N) is 1. The number of hydrogen-bond donors (Lipinski definition) is 1. The Balaban J connectivity index is 1.86. The Morgan fingerprint density at radius 1 is 1.37 bits per heavy atom. The van der Waals surface area contributed by atoms with Crippen LogP contribution in [0.25, 0.3) is 0 Å². The van der Waals surface area contributed by atoms with Crippen LogP contribution in [0, 0.1) is 0 Å². The third-order valence-corrected chi connectivity index (χ3v) is 3.93. The number of fused-ring (bicyclic) bond motifs is 1. The fourth-order valence-electron chi connectivity index (χ4n) is 2.94. The van der Waals surface area contributed by atoms with Gasteiger partial charge in [-0.25, -0.2) is 0 Å². The summed E-state index contributed by atoms with van der Waals surface area (Å²) in [7, 11) is 1.64. The second-order valence-electron chi connectivity index (χ2n) is 5.12. The van der Waals surface area contributed by atoms with E-state index in [0.717, 1.165) is 43.5 Å². The van der Waals surface area contributed by atoms with Gasteiger partial charge in [-0.1, -0.05) is 6.07 Å². The molecule has 1 aliphatic carbocycles. The van der Waals surface area contributed by atoms with Gasteiger partial charge in [-0.2, -0.15) is 0 Å². The predicted molar refractivity (Wildman–Crippen MR) is 72.6 cm³/mol. The molecule has 1 N–H and O–H groups in total. The Bertz CT molecular complexity index is 492. The van der Waals surface area contributed by atoms with E-state index in [2.05, 4.69) is 11.4 Å². The van der Waals surface area contributed by atoms with Gasteiger partial charge in [0.1, 0.15) is 11.9 Å². The monoisotopic (exact) mass is 261 g/mol. The van der Waals surface area contributed by atoms with E-state index in [-0.39, 0.29) is 12.0 Å². The van der Waals surface area contributed by atoms with Crippen molar-refractivity contribution < 1.29 is 14.3 Å². The van der Waals surface area contributed by atoms with Crippen molar-refractivity contribution in [2.24, 2.45) is 0 Å². The Hall–Kier alpha value is -1.55. The number of amides is 1. The van der Waals surface area contributed by atoms with E-state index >= 15 is 0 Å². The van der Waals surface area contributed by atoms with E-state index in [1.54, 1.807) is 7.11 Å². The van der Waals surface area contributed by atoms with Crippen molar-refractivity contribution in [3.8, 4) is 5.75 Å². The van der Waals surface area contributed by atoms with Gasteiger partial charge in [-0.15, -0.1) is 0 Å². The average Bonchev–Trinajstić information content (AvgIpc) is 3.10. The van der Waals surface area contributed by atoms with Crippen LogP contribution in [-0.2, 0) is 22.4 Å². The van der Waals surface area contributed by atoms with Crippen molar-refractivity contribution in [1.82, 2.24) is 0 Å². The van der Waals surface area contributed by atoms with E-state index in [1.165, 1.54) is 11.1 Å². The van der Waals surface area contributed by atoms with Gasteiger partial charge < -0.3 is 14.8 Å². The smallest absolute Gasteiger partial charge is 0.253 e. The summed E-state index contributed by atoms with van der Waals surface area (Å²) in [6, 6.07) is 4.04. The number of ether oxygens (including phenoxy) is 2. The molecule has 3 rings (SSSR count). The molecule has 2 aliphatic rings. The van der Waals surface area contributed by atoms with Crippen LogP contribution in [0.2, 0.25) is 0 Å². The van der Waals surface area contributed by atoms with Crippen LogP contribution in [0.3, 0.4) is 0 Å². The zero-order valence-electron chi connectivity index (χ0n) is 11.2. The molecule has 19 heavy (non-hydrogen) atoms. The van der Waals surface area contributed by atoms with Gasteiger partial charge in [0.2, 0.25) is 0 Å². The van der Waals surface area contributed by atoms with Gasteiger partial charge in [-0.05, 0) is 49.3 Å². The minimum Gasteiger partial charge on any atom is -0.495 e. The van der Waals surface area contributed by atoms with Gasteiger partial charge in [0.25, 0.3) is 5.91 Å². The summed E-state index contributed by atoms with van der Waals surface area (Å²) in [5.41, 5.74) is 3.40. The maximum absolute atomic E-state index is 12.2. The largest absolute Gasteiger partial charge is 0.495 e. The second kappa shape index (κ2) is 5.21. The number of rotatable bonds is 3. The van der Waals surface area contributed by atoms with Crippen LogP contribution >= 0.6 is 0 Å². The zero-order valence-corrected chi connectivity index (χ0v) is 11.2. The molecule has 4 heteroatoms. The third kappa shape index (κ3) is 2.32. The van der Waals surface area contributed by atoms with Crippen LogP contribution < -0.4 is 10.1 Å². The maximum atomic E-state index is 12.2. The molecule has 1 aromatic rings. The van der Waals surface area contributed by atoms with Crippen molar-refractivity contribution in [2.75, 3.05) is 19.0 Å². The highest BCUT2D eigenvalue weighted by Crippen LogP contribution is 2.36. The lowest BCUT2D eigenvalue weighted by Gasteiger charge is -2.16. The van der Waals surface area contributed by atoms with Gasteiger partial charge in [0.05, 0.1) is 12.8 Å². The second-order valence-corrected chi connectivity index (χ2v) is 5.12. The number of benzene rings is 1. The number of carbonyl (C=O) groups excluding carboxylic acids is 1. The molecule has 1 fully saturated rings.